The molecule has 0 saturated carbocycles. The topological polar surface area (TPSA) is 74.6 Å². The monoisotopic (exact) mass is 319 g/mol. The van der Waals surface area contributed by atoms with E-state index < -0.39 is 0 Å². The Kier molecular flexibility index (Phi) is 7.39. The summed E-state index contributed by atoms with van der Waals surface area (Å²) in [5, 5.41) is 5.39. The van der Waals surface area contributed by atoms with Crippen LogP contribution in [0.3, 0.4) is 0 Å². The molecule has 6 nitrogen and oxygen atoms in total. The zero-order chi connectivity index (χ0) is 16.3. The third-order valence-corrected chi connectivity index (χ3v) is 3.81. The third kappa shape index (κ3) is 7.15. The first kappa shape index (κ1) is 17.3. The van der Waals surface area contributed by atoms with Crippen LogP contribution >= 0.6 is 0 Å². The highest BCUT2D eigenvalue weighted by molar-refractivity contribution is 5.93. The van der Waals surface area contributed by atoms with Crippen molar-refractivity contribution < 1.29 is 14.0 Å². The van der Waals surface area contributed by atoms with Crippen LogP contribution in [0.25, 0.3) is 6.08 Å². The van der Waals surface area contributed by atoms with Gasteiger partial charge in [0.15, 0.2) is 0 Å². The van der Waals surface area contributed by atoms with Gasteiger partial charge in [-0.1, -0.05) is 12.8 Å². The molecule has 2 N–H and O–H groups in total. The van der Waals surface area contributed by atoms with Crippen LogP contribution < -0.4 is 10.6 Å². The predicted molar refractivity (Wildman–Crippen MR) is 88.7 cm³/mol. The van der Waals surface area contributed by atoms with Gasteiger partial charge in [-0.05, 0) is 44.1 Å². The Morgan fingerprint density at radius 3 is 2.65 bits per heavy atom. The normalized spacial score (nSPS) is 16.2. The van der Waals surface area contributed by atoms with E-state index in [0.717, 1.165) is 19.6 Å². The predicted octanol–water partition coefficient (Wildman–Crippen LogP) is 1.40. The maximum Gasteiger partial charge on any atom is 0.244 e. The minimum Gasteiger partial charge on any atom is -0.465 e. The molecular weight excluding hydrogens is 294 g/mol. The summed E-state index contributed by atoms with van der Waals surface area (Å²) < 4.78 is 5.08. The SMILES string of the molecule is O=C(C=Cc1ccco1)NCC(=O)NCCN1CCCCCC1. The molecule has 0 radical (unpaired) electrons. The van der Waals surface area contributed by atoms with Crippen LogP contribution in [-0.4, -0.2) is 49.4 Å². The molecule has 126 valence electrons. The van der Waals surface area contributed by atoms with Crippen molar-refractivity contribution in [3.63, 3.8) is 0 Å². The third-order valence-electron chi connectivity index (χ3n) is 3.81. The Morgan fingerprint density at radius 1 is 1.17 bits per heavy atom. The fourth-order valence-corrected chi connectivity index (χ4v) is 2.55. The fraction of sp³-hybridized carbons (Fsp3) is 0.529. The van der Waals surface area contributed by atoms with Crippen molar-refractivity contribution in [1.82, 2.24) is 15.5 Å². The first-order valence-electron chi connectivity index (χ1n) is 8.22. The molecule has 1 aromatic rings. The number of nitrogens with zero attached hydrogens (tertiary/aromatic N) is 1. The number of amides is 2. The van der Waals surface area contributed by atoms with Crippen LogP contribution in [-0.2, 0) is 9.59 Å². The maximum atomic E-state index is 11.7. The molecule has 1 aromatic heterocycles. The summed E-state index contributed by atoms with van der Waals surface area (Å²) in [7, 11) is 0. The maximum absolute atomic E-state index is 11.7. The van der Waals surface area contributed by atoms with Crippen LogP contribution in [0.15, 0.2) is 28.9 Å². The van der Waals surface area contributed by atoms with E-state index in [1.807, 2.05) is 0 Å². The number of rotatable bonds is 7. The zero-order valence-corrected chi connectivity index (χ0v) is 13.4. The minimum absolute atomic E-state index is 0.0126. The quantitative estimate of drug-likeness (QED) is 0.745. The number of carbonyl (C=O) groups excluding carboxylic acids is 2. The average Bonchev–Trinajstić information content (AvgIpc) is 2.94. The molecular formula is C17H25N3O3. The average molecular weight is 319 g/mol. The Labute approximate surface area is 136 Å². The highest BCUT2D eigenvalue weighted by atomic mass is 16.3. The van der Waals surface area contributed by atoms with Crippen molar-refractivity contribution in [2.75, 3.05) is 32.7 Å². The van der Waals surface area contributed by atoms with E-state index in [4.69, 9.17) is 4.42 Å². The lowest BCUT2D eigenvalue weighted by Crippen LogP contribution is -2.40. The Balaban J connectivity index is 1.56. The lowest BCUT2D eigenvalue weighted by Gasteiger charge is -2.19. The van der Waals surface area contributed by atoms with Crippen molar-refractivity contribution in [2.45, 2.75) is 25.7 Å². The van der Waals surface area contributed by atoms with E-state index >= 15 is 0 Å². The van der Waals surface area contributed by atoms with Gasteiger partial charge in [-0.25, -0.2) is 0 Å². The number of likely N-dealkylation sites (tertiary alicyclic amines) is 1. The molecule has 1 aliphatic heterocycles. The molecule has 0 aliphatic carbocycles. The van der Waals surface area contributed by atoms with E-state index in [0.29, 0.717) is 12.3 Å². The Bertz CT molecular complexity index is 503. The smallest absolute Gasteiger partial charge is 0.244 e. The standard InChI is InChI=1S/C17H25N3O3/c21-16(8-7-15-6-5-13-23-15)19-14-17(22)18-9-12-20-10-3-1-2-4-11-20/h5-8,13H,1-4,9-12,14H2,(H,18,22)(H,19,21). The van der Waals surface area contributed by atoms with E-state index in [2.05, 4.69) is 15.5 Å². The van der Waals surface area contributed by atoms with E-state index in [9.17, 15) is 9.59 Å². The molecule has 2 amide bonds. The summed E-state index contributed by atoms with van der Waals surface area (Å²) >= 11 is 0. The van der Waals surface area contributed by atoms with Gasteiger partial charge in [-0.3, -0.25) is 9.59 Å². The first-order chi connectivity index (χ1) is 11.2. The number of hydrogen-bond acceptors (Lipinski definition) is 4. The van der Waals surface area contributed by atoms with Crippen LogP contribution in [0.4, 0.5) is 0 Å². The summed E-state index contributed by atoms with van der Waals surface area (Å²) in [6, 6.07) is 3.49. The molecule has 1 saturated heterocycles. The van der Waals surface area contributed by atoms with Gasteiger partial charge in [0.1, 0.15) is 5.76 Å². The second-order valence-corrected chi connectivity index (χ2v) is 5.67. The van der Waals surface area contributed by atoms with Crippen molar-refractivity contribution >= 4 is 17.9 Å². The lowest BCUT2D eigenvalue weighted by molar-refractivity contribution is -0.123. The molecule has 0 spiro atoms. The Hall–Kier alpha value is -2.08. The molecule has 0 unspecified atom stereocenters. The van der Waals surface area contributed by atoms with Gasteiger partial charge in [0.2, 0.25) is 11.8 Å². The summed E-state index contributed by atoms with van der Waals surface area (Å²) in [4.78, 5) is 25.7. The molecule has 1 aliphatic rings. The van der Waals surface area contributed by atoms with Crippen molar-refractivity contribution in [3.05, 3.63) is 30.2 Å². The van der Waals surface area contributed by atoms with Gasteiger partial charge in [-0.2, -0.15) is 0 Å². The fourth-order valence-electron chi connectivity index (χ4n) is 2.55. The summed E-state index contributed by atoms with van der Waals surface area (Å²) in [6.45, 7) is 3.71. The van der Waals surface area contributed by atoms with Crippen molar-refractivity contribution in [3.8, 4) is 0 Å². The molecule has 0 bridgehead atoms. The molecule has 0 aromatic carbocycles. The van der Waals surface area contributed by atoms with Crippen LogP contribution in [0.1, 0.15) is 31.4 Å². The molecule has 2 heterocycles. The molecule has 23 heavy (non-hydrogen) atoms. The summed E-state index contributed by atoms with van der Waals surface area (Å²) in [5.74, 6) is 0.116. The number of nitrogens with one attached hydrogen (secondary N) is 2. The van der Waals surface area contributed by atoms with Gasteiger partial charge < -0.3 is 20.0 Å². The van der Waals surface area contributed by atoms with Crippen LogP contribution in [0.2, 0.25) is 0 Å². The number of furan rings is 1. The largest absolute Gasteiger partial charge is 0.465 e. The second-order valence-electron chi connectivity index (χ2n) is 5.67. The van der Waals surface area contributed by atoms with Crippen molar-refractivity contribution in [2.24, 2.45) is 0 Å². The van der Waals surface area contributed by atoms with Crippen LogP contribution in [0, 0.1) is 0 Å². The molecule has 2 rings (SSSR count). The number of hydrogen-bond donors (Lipinski definition) is 2. The Morgan fingerprint density at radius 2 is 1.96 bits per heavy atom. The van der Waals surface area contributed by atoms with E-state index in [1.165, 1.54) is 38.0 Å². The van der Waals surface area contributed by atoms with Gasteiger partial charge in [0.05, 0.1) is 12.8 Å². The molecule has 0 atom stereocenters. The molecule has 1 fully saturated rings. The molecule has 6 heteroatoms. The lowest BCUT2D eigenvalue weighted by atomic mass is 10.2. The number of carbonyl (C=O) groups is 2. The highest BCUT2D eigenvalue weighted by Crippen LogP contribution is 2.08. The summed E-state index contributed by atoms with van der Waals surface area (Å²) in [5.41, 5.74) is 0. The van der Waals surface area contributed by atoms with Crippen molar-refractivity contribution in [1.29, 1.82) is 0 Å². The first-order valence-corrected chi connectivity index (χ1v) is 8.22. The van der Waals surface area contributed by atoms with Gasteiger partial charge in [0.25, 0.3) is 0 Å². The zero-order valence-electron chi connectivity index (χ0n) is 13.4. The minimum atomic E-state index is -0.316. The summed E-state index contributed by atoms with van der Waals surface area (Å²) in [6.07, 6.45) is 9.55. The van der Waals surface area contributed by atoms with E-state index in [1.54, 1.807) is 18.2 Å². The van der Waals surface area contributed by atoms with Gasteiger partial charge in [-0.15, -0.1) is 0 Å². The van der Waals surface area contributed by atoms with Crippen LogP contribution in [0.5, 0.6) is 0 Å². The van der Waals surface area contributed by atoms with Gasteiger partial charge in [0, 0.05) is 19.2 Å². The van der Waals surface area contributed by atoms with E-state index in [-0.39, 0.29) is 18.4 Å². The highest BCUT2D eigenvalue weighted by Gasteiger charge is 2.09. The second kappa shape index (κ2) is 9.84. The van der Waals surface area contributed by atoms with Gasteiger partial charge >= 0.3 is 0 Å².